The Kier molecular flexibility index (Phi) is 4.33. The van der Waals surface area contributed by atoms with E-state index >= 15 is 0 Å². The summed E-state index contributed by atoms with van der Waals surface area (Å²) in [6.45, 7) is 4.63. The van der Waals surface area contributed by atoms with E-state index in [9.17, 15) is 0 Å². The van der Waals surface area contributed by atoms with E-state index in [1.165, 1.54) is 10.5 Å². The Morgan fingerprint density at radius 1 is 1.23 bits per heavy atom. The second-order valence-corrected chi connectivity index (χ2v) is 4.46. The summed E-state index contributed by atoms with van der Waals surface area (Å²) < 4.78 is 0. The quantitative estimate of drug-likeness (QED) is 0.747. The van der Waals surface area contributed by atoms with Gasteiger partial charge in [0.25, 0.3) is 0 Å². The Bertz CT molecular complexity index is 241. The number of hydrogen-bond acceptors (Lipinski definition) is 2. The van der Waals surface area contributed by atoms with Gasteiger partial charge in [0.2, 0.25) is 0 Å². The van der Waals surface area contributed by atoms with Crippen LogP contribution in [0.5, 0.6) is 0 Å². The summed E-state index contributed by atoms with van der Waals surface area (Å²) in [5.41, 5.74) is 1.37. The van der Waals surface area contributed by atoms with Crippen molar-refractivity contribution in [1.29, 1.82) is 0 Å². The lowest BCUT2D eigenvalue weighted by molar-refractivity contribution is 0.322. The molecule has 0 aliphatic heterocycles. The van der Waals surface area contributed by atoms with Gasteiger partial charge in [-0.1, -0.05) is 26.0 Å². The zero-order chi connectivity index (χ0) is 9.68. The van der Waals surface area contributed by atoms with Gasteiger partial charge >= 0.3 is 0 Å². The summed E-state index contributed by atoms with van der Waals surface area (Å²) in [5, 5.41) is 8.65. The van der Waals surface area contributed by atoms with Crippen LogP contribution in [-0.2, 0) is 0 Å². The second-order valence-electron chi connectivity index (χ2n) is 3.30. The maximum Gasteiger partial charge on any atom is 0.0525 e. The Balaban J connectivity index is 2.59. The first kappa shape index (κ1) is 10.6. The van der Waals surface area contributed by atoms with Gasteiger partial charge in [0.05, 0.1) is 6.61 Å². The zero-order valence-corrected chi connectivity index (χ0v) is 8.97. The highest BCUT2D eigenvalue weighted by molar-refractivity contribution is 7.99. The van der Waals surface area contributed by atoms with Crippen molar-refractivity contribution in [3.05, 3.63) is 29.8 Å². The summed E-state index contributed by atoms with van der Waals surface area (Å²) in [6.07, 6.45) is 0. The fourth-order valence-corrected chi connectivity index (χ4v) is 1.77. The van der Waals surface area contributed by atoms with Gasteiger partial charge in [-0.25, -0.2) is 0 Å². The highest BCUT2D eigenvalue weighted by Crippen LogP contribution is 2.21. The third kappa shape index (κ3) is 3.41. The lowest BCUT2D eigenvalue weighted by Crippen LogP contribution is -1.88. The third-order valence-corrected chi connectivity index (χ3v) is 2.90. The molecule has 0 aliphatic rings. The Labute approximate surface area is 84.2 Å². The topological polar surface area (TPSA) is 20.2 Å². The first-order chi connectivity index (χ1) is 6.24. The first-order valence-electron chi connectivity index (χ1n) is 4.57. The van der Waals surface area contributed by atoms with E-state index in [1.54, 1.807) is 11.8 Å². The van der Waals surface area contributed by atoms with Crippen LogP contribution in [0.1, 0.15) is 25.3 Å². The SMILES string of the molecule is CC(C)c1ccc(SCCO)cc1. The van der Waals surface area contributed by atoms with E-state index in [0.717, 1.165) is 5.75 Å². The number of aliphatic hydroxyl groups is 1. The fraction of sp³-hybridized carbons (Fsp3) is 0.455. The minimum absolute atomic E-state index is 0.247. The average Bonchev–Trinajstić information content (AvgIpc) is 2.15. The molecule has 13 heavy (non-hydrogen) atoms. The molecule has 0 amide bonds. The number of thioether (sulfide) groups is 1. The minimum atomic E-state index is 0.247. The molecule has 0 atom stereocenters. The molecule has 0 heterocycles. The van der Waals surface area contributed by atoms with E-state index in [-0.39, 0.29) is 6.61 Å². The smallest absolute Gasteiger partial charge is 0.0525 e. The van der Waals surface area contributed by atoms with Crippen LogP contribution in [0.4, 0.5) is 0 Å². The molecule has 1 rings (SSSR count). The maximum absolute atomic E-state index is 8.65. The lowest BCUT2D eigenvalue weighted by Gasteiger charge is -2.05. The Morgan fingerprint density at radius 3 is 2.31 bits per heavy atom. The highest BCUT2D eigenvalue weighted by atomic mass is 32.2. The maximum atomic E-state index is 8.65. The van der Waals surface area contributed by atoms with Crippen LogP contribution in [0.3, 0.4) is 0 Å². The van der Waals surface area contributed by atoms with Crippen LogP contribution in [0, 0.1) is 0 Å². The molecule has 0 aliphatic carbocycles. The predicted octanol–water partition coefficient (Wildman–Crippen LogP) is 2.89. The molecule has 0 spiro atoms. The summed E-state index contributed by atoms with van der Waals surface area (Å²) in [6, 6.07) is 8.56. The van der Waals surface area contributed by atoms with Crippen LogP contribution < -0.4 is 0 Å². The summed E-state index contributed by atoms with van der Waals surface area (Å²) in [4.78, 5) is 1.23. The molecular weight excluding hydrogens is 180 g/mol. The third-order valence-electron chi connectivity index (χ3n) is 1.91. The monoisotopic (exact) mass is 196 g/mol. The molecule has 1 N–H and O–H groups in total. The standard InChI is InChI=1S/C11H16OS/c1-9(2)10-3-5-11(6-4-10)13-8-7-12/h3-6,9,12H,7-8H2,1-2H3. The average molecular weight is 196 g/mol. The molecule has 0 aromatic heterocycles. The molecule has 0 unspecified atom stereocenters. The van der Waals surface area contributed by atoms with E-state index in [0.29, 0.717) is 5.92 Å². The van der Waals surface area contributed by atoms with Crippen LogP contribution in [-0.4, -0.2) is 17.5 Å². The first-order valence-corrected chi connectivity index (χ1v) is 5.56. The van der Waals surface area contributed by atoms with Crippen molar-refractivity contribution in [1.82, 2.24) is 0 Å². The number of hydrogen-bond donors (Lipinski definition) is 1. The van der Waals surface area contributed by atoms with Gasteiger partial charge in [-0.2, -0.15) is 0 Å². The van der Waals surface area contributed by atoms with Crippen LogP contribution in [0.25, 0.3) is 0 Å². The van der Waals surface area contributed by atoms with Gasteiger partial charge in [0.1, 0.15) is 0 Å². The van der Waals surface area contributed by atoms with Gasteiger partial charge in [-0.05, 0) is 23.6 Å². The zero-order valence-electron chi connectivity index (χ0n) is 8.16. The van der Waals surface area contributed by atoms with Gasteiger partial charge < -0.3 is 5.11 Å². The van der Waals surface area contributed by atoms with Crippen molar-refractivity contribution in [2.24, 2.45) is 0 Å². The number of aliphatic hydroxyl groups excluding tert-OH is 1. The van der Waals surface area contributed by atoms with Crippen molar-refractivity contribution in [2.45, 2.75) is 24.7 Å². The molecule has 72 valence electrons. The van der Waals surface area contributed by atoms with Crippen molar-refractivity contribution in [2.75, 3.05) is 12.4 Å². The summed E-state index contributed by atoms with van der Waals surface area (Å²) >= 11 is 1.69. The fourth-order valence-electron chi connectivity index (χ4n) is 1.11. The molecular formula is C11H16OS. The minimum Gasteiger partial charge on any atom is -0.396 e. The normalized spacial score (nSPS) is 10.8. The molecule has 0 bridgehead atoms. The van der Waals surface area contributed by atoms with Gasteiger partial charge in [-0.3, -0.25) is 0 Å². The molecule has 2 heteroatoms. The highest BCUT2D eigenvalue weighted by Gasteiger charge is 1.98. The lowest BCUT2D eigenvalue weighted by atomic mass is 10.0. The summed E-state index contributed by atoms with van der Waals surface area (Å²) in [5.74, 6) is 1.37. The van der Waals surface area contributed by atoms with Crippen molar-refractivity contribution in [3.8, 4) is 0 Å². The second kappa shape index (κ2) is 5.30. The molecule has 0 fully saturated rings. The molecule has 1 aromatic rings. The van der Waals surface area contributed by atoms with Crippen molar-refractivity contribution < 1.29 is 5.11 Å². The van der Waals surface area contributed by atoms with Gasteiger partial charge in [0.15, 0.2) is 0 Å². The van der Waals surface area contributed by atoms with Crippen molar-refractivity contribution >= 4 is 11.8 Å². The molecule has 0 saturated heterocycles. The van der Waals surface area contributed by atoms with E-state index < -0.39 is 0 Å². The van der Waals surface area contributed by atoms with Crippen LogP contribution in [0.15, 0.2) is 29.2 Å². The van der Waals surface area contributed by atoms with Gasteiger partial charge in [-0.15, -0.1) is 11.8 Å². The van der Waals surface area contributed by atoms with E-state index in [4.69, 9.17) is 5.11 Å². The van der Waals surface area contributed by atoms with Gasteiger partial charge in [0, 0.05) is 10.6 Å². The largest absolute Gasteiger partial charge is 0.396 e. The van der Waals surface area contributed by atoms with Crippen molar-refractivity contribution in [3.63, 3.8) is 0 Å². The number of rotatable bonds is 4. The number of benzene rings is 1. The summed E-state index contributed by atoms with van der Waals surface area (Å²) in [7, 11) is 0. The van der Waals surface area contributed by atoms with Crippen LogP contribution in [0.2, 0.25) is 0 Å². The van der Waals surface area contributed by atoms with E-state index in [2.05, 4.69) is 38.1 Å². The molecule has 1 nitrogen and oxygen atoms in total. The Morgan fingerprint density at radius 2 is 1.85 bits per heavy atom. The molecule has 1 aromatic carbocycles. The molecule has 0 saturated carbocycles. The predicted molar refractivity (Wildman–Crippen MR) is 58.3 cm³/mol. The Hall–Kier alpha value is -0.470. The van der Waals surface area contributed by atoms with E-state index in [1.807, 2.05) is 0 Å². The molecule has 0 radical (unpaired) electrons. The van der Waals surface area contributed by atoms with Crippen LogP contribution >= 0.6 is 11.8 Å².